The molecule has 11 heteroatoms. The minimum Gasteiger partial charge on any atom is -0.493 e. The van der Waals surface area contributed by atoms with Crippen LogP contribution in [0.3, 0.4) is 0 Å². The Morgan fingerprint density at radius 3 is 2.45 bits per heavy atom. The third kappa shape index (κ3) is 4.50. The molecule has 4 rings (SSSR count). The number of halogens is 1. The molecule has 2 aromatic heterocycles. The molecule has 4 aromatic rings. The molecule has 0 saturated heterocycles. The number of nitrogens with one attached hydrogen (secondary N) is 1. The summed E-state index contributed by atoms with van der Waals surface area (Å²) in [5.41, 5.74) is 1.58. The van der Waals surface area contributed by atoms with Gasteiger partial charge in [-0.15, -0.1) is 11.3 Å². The van der Waals surface area contributed by atoms with Gasteiger partial charge >= 0.3 is 0 Å². The molecule has 8 nitrogen and oxygen atoms in total. The van der Waals surface area contributed by atoms with Gasteiger partial charge in [0.2, 0.25) is 5.82 Å². The summed E-state index contributed by atoms with van der Waals surface area (Å²) in [6, 6.07) is 13.2. The maximum absolute atomic E-state index is 12.8. The maximum atomic E-state index is 12.8. The molecule has 2 aromatic carbocycles. The molecule has 31 heavy (non-hydrogen) atoms. The van der Waals surface area contributed by atoms with Crippen molar-refractivity contribution in [1.29, 1.82) is 0 Å². The Bertz CT molecular complexity index is 1320. The van der Waals surface area contributed by atoms with Crippen molar-refractivity contribution in [3.63, 3.8) is 0 Å². The summed E-state index contributed by atoms with van der Waals surface area (Å²) in [6.45, 7) is 0. The first-order valence-corrected chi connectivity index (χ1v) is 11.6. The molecule has 0 amide bonds. The second-order valence-corrected chi connectivity index (χ2v) is 9.52. The van der Waals surface area contributed by atoms with E-state index in [1.807, 2.05) is 0 Å². The Hall–Kier alpha value is -3.08. The van der Waals surface area contributed by atoms with E-state index in [0.29, 0.717) is 33.6 Å². The zero-order valence-corrected chi connectivity index (χ0v) is 18.7. The molecule has 1 N–H and O–H groups in total. The summed E-state index contributed by atoms with van der Waals surface area (Å²) in [5, 5.41) is 6.19. The Morgan fingerprint density at radius 1 is 1.00 bits per heavy atom. The Kier molecular flexibility index (Phi) is 5.86. The van der Waals surface area contributed by atoms with Gasteiger partial charge in [-0.1, -0.05) is 16.8 Å². The molecule has 0 saturated carbocycles. The fourth-order valence-corrected chi connectivity index (χ4v) is 5.06. The Balaban J connectivity index is 1.56. The monoisotopic (exact) mass is 477 g/mol. The van der Waals surface area contributed by atoms with E-state index in [-0.39, 0.29) is 10.1 Å². The van der Waals surface area contributed by atoms with Gasteiger partial charge < -0.3 is 14.0 Å². The lowest BCUT2D eigenvalue weighted by Gasteiger charge is -2.11. The van der Waals surface area contributed by atoms with Crippen LogP contribution in [0.2, 0.25) is 5.02 Å². The molecule has 0 aliphatic rings. The number of rotatable bonds is 7. The first-order chi connectivity index (χ1) is 14.9. The molecular weight excluding hydrogens is 462 g/mol. The summed E-state index contributed by atoms with van der Waals surface area (Å²) >= 11 is 6.94. The van der Waals surface area contributed by atoms with Gasteiger partial charge in [-0.3, -0.25) is 4.72 Å². The van der Waals surface area contributed by atoms with E-state index >= 15 is 0 Å². The largest absolute Gasteiger partial charge is 0.493 e. The molecular formula is C20H16ClN3O5S2. The minimum absolute atomic E-state index is 0.100. The second kappa shape index (κ2) is 8.58. The number of hydrogen-bond acceptors (Lipinski definition) is 8. The van der Waals surface area contributed by atoms with Crippen LogP contribution in [0.1, 0.15) is 0 Å². The highest BCUT2D eigenvalue weighted by Crippen LogP contribution is 2.33. The highest BCUT2D eigenvalue weighted by molar-refractivity contribution is 7.94. The van der Waals surface area contributed by atoms with Crippen LogP contribution in [0.4, 0.5) is 5.69 Å². The van der Waals surface area contributed by atoms with Gasteiger partial charge in [0.05, 0.1) is 25.5 Å². The number of hydrogen-bond donors (Lipinski definition) is 1. The number of nitrogens with zero attached hydrogens (tertiary/aromatic N) is 2. The van der Waals surface area contributed by atoms with E-state index in [2.05, 4.69) is 14.9 Å². The molecule has 0 radical (unpaired) electrons. The van der Waals surface area contributed by atoms with Crippen molar-refractivity contribution < 1.29 is 22.4 Å². The smallest absolute Gasteiger partial charge is 0.271 e. The van der Waals surface area contributed by atoms with E-state index in [9.17, 15) is 8.42 Å². The van der Waals surface area contributed by atoms with Gasteiger partial charge in [0.25, 0.3) is 15.9 Å². The van der Waals surface area contributed by atoms with Gasteiger partial charge in [0.1, 0.15) is 4.21 Å². The van der Waals surface area contributed by atoms with Crippen molar-refractivity contribution in [2.75, 3.05) is 18.9 Å². The summed E-state index contributed by atoms with van der Waals surface area (Å²) in [4.78, 5) is 4.34. The predicted molar refractivity (Wildman–Crippen MR) is 118 cm³/mol. The van der Waals surface area contributed by atoms with Crippen molar-refractivity contribution in [3.05, 3.63) is 58.9 Å². The number of methoxy groups -OCH3 is 2. The van der Waals surface area contributed by atoms with Crippen molar-refractivity contribution in [2.45, 2.75) is 4.21 Å². The van der Waals surface area contributed by atoms with Crippen molar-refractivity contribution in [3.8, 4) is 34.3 Å². The van der Waals surface area contributed by atoms with Gasteiger partial charge in [-0.2, -0.15) is 4.98 Å². The highest BCUT2D eigenvalue weighted by Gasteiger charge is 2.21. The summed E-state index contributed by atoms with van der Waals surface area (Å²) in [5.74, 6) is 1.51. The standard InChI is InChI=1S/C20H16ClN3O5S2/c1-27-16-8-7-15(10-17(16)28-2)24-31(25,26)18-9-13(11-30-18)20-22-19(23-29-20)12-3-5-14(21)6-4-12/h3-11,24H,1-2H3. The fraction of sp³-hybridized carbons (Fsp3) is 0.100. The van der Waals surface area contributed by atoms with E-state index in [4.69, 9.17) is 25.6 Å². The van der Waals surface area contributed by atoms with Gasteiger partial charge in [-0.25, -0.2) is 8.42 Å². The number of anilines is 1. The molecule has 0 fully saturated rings. The third-order valence-corrected chi connectivity index (χ3v) is 7.32. The van der Waals surface area contributed by atoms with Crippen molar-refractivity contribution >= 4 is 38.6 Å². The summed E-state index contributed by atoms with van der Waals surface area (Å²) < 4.78 is 43.9. The molecule has 2 heterocycles. The van der Waals surface area contributed by atoms with E-state index in [1.165, 1.54) is 20.3 Å². The third-order valence-electron chi connectivity index (χ3n) is 4.25. The zero-order chi connectivity index (χ0) is 22.0. The first kappa shape index (κ1) is 21.2. The lowest BCUT2D eigenvalue weighted by atomic mass is 10.2. The zero-order valence-electron chi connectivity index (χ0n) is 16.3. The van der Waals surface area contributed by atoms with Crippen LogP contribution >= 0.6 is 22.9 Å². The number of aromatic nitrogens is 2. The van der Waals surface area contributed by atoms with Crippen LogP contribution in [0.25, 0.3) is 22.8 Å². The van der Waals surface area contributed by atoms with Crippen LogP contribution in [0.15, 0.2) is 62.6 Å². The molecule has 160 valence electrons. The van der Waals surface area contributed by atoms with Gasteiger partial charge in [-0.05, 0) is 42.5 Å². The lowest BCUT2D eigenvalue weighted by molar-refractivity contribution is 0.355. The molecule has 0 atom stereocenters. The van der Waals surface area contributed by atoms with Gasteiger partial charge in [0.15, 0.2) is 11.5 Å². The number of benzene rings is 2. The molecule has 0 aliphatic carbocycles. The summed E-state index contributed by atoms with van der Waals surface area (Å²) in [6.07, 6.45) is 0. The van der Waals surface area contributed by atoms with Crippen LogP contribution in [-0.2, 0) is 10.0 Å². The van der Waals surface area contributed by atoms with Crippen LogP contribution in [0, 0.1) is 0 Å². The van der Waals surface area contributed by atoms with E-state index in [1.54, 1.807) is 47.8 Å². The lowest BCUT2D eigenvalue weighted by Crippen LogP contribution is -2.11. The quantitative estimate of drug-likeness (QED) is 0.402. The van der Waals surface area contributed by atoms with Gasteiger partial charge in [0, 0.05) is 22.0 Å². The molecule has 0 aliphatic heterocycles. The number of thiophene rings is 1. The number of ether oxygens (including phenoxy) is 2. The Labute approximate surface area is 187 Å². The number of sulfonamides is 1. The Morgan fingerprint density at radius 2 is 1.74 bits per heavy atom. The molecule has 0 spiro atoms. The highest BCUT2D eigenvalue weighted by atomic mass is 35.5. The van der Waals surface area contributed by atoms with Crippen molar-refractivity contribution in [1.82, 2.24) is 10.1 Å². The average Bonchev–Trinajstić information content (AvgIpc) is 3.44. The predicted octanol–water partition coefficient (Wildman–Crippen LogP) is 4.94. The topological polar surface area (TPSA) is 104 Å². The first-order valence-electron chi connectivity index (χ1n) is 8.83. The van der Waals surface area contributed by atoms with E-state index in [0.717, 1.165) is 16.9 Å². The van der Waals surface area contributed by atoms with Crippen LogP contribution in [-0.4, -0.2) is 32.8 Å². The SMILES string of the molecule is COc1ccc(NS(=O)(=O)c2cc(-c3nc(-c4ccc(Cl)cc4)no3)cs2)cc1OC. The molecule has 0 unspecified atom stereocenters. The average molecular weight is 478 g/mol. The van der Waals surface area contributed by atoms with Crippen LogP contribution in [0.5, 0.6) is 11.5 Å². The van der Waals surface area contributed by atoms with Crippen molar-refractivity contribution in [2.24, 2.45) is 0 Å². The maximum Gasteiger partial charge on any atom is 0.271 e. The molecule has 0 bridgehead atoms. The second-order valence-electron chi connectivity index (χ2n) is 6.26. The normalized spacial score (nSPS) is 11.3. The van der Waals surface area contributed by atoms with Crippen LogP contribution < -0.4 is 14.2 Å². The fourth-order valence-electron chi connectivity index (χ4n) is 2.73. The summed E-state index contributed by atoms with van der Waals surface area (Å²) in [7, 11) is -0.846. The minimum atomic E-state index is -3.83. The van der Waals surface area contributed by atoms with E-state index < -0.39 is 10.0 Å².